The van der Waals surface area contributed by atoms with E-state index in [1.165, 1.54) is 12.6 Å². The van der Waals surface area contributed by atoms with Crippen LogP contribution in [-0.4, -0.2) is 16.9 Å². The quantitative estimate of drug-likeness (QED) is 0.846. The van der Waals surface area contributed by atoms with Crippen molar-refractivity contribution in [3.05, 3.63) is 23.6 Å². The lowest BCUT2D eigenvalue weighted by atomic mass is 9.86. The smallest absolute Gasteiger partial charge is 0.253 e. The highest BCUT2D eigenvalue weighted by Crippen LogP contribution is 2.24. The number of pyridine rings is 1. The van der Waals surface area contributed by atoms with E-state index >= 15 is 0 Å². The highest BCUT2D eigenvalue weighted by atomic mass is 19.1. The molecule has 0 aromatic carbocycles. The van der Waals surface area contributed by atoms with Crippen molar-refractivity contribution >= 4 is 11.7 Å². The Kier molecular flexibility index (Phi) is 3.79. The fraction of sp³-hybridized carbons (Fsp3) is 0.538. The topological polar surface area (TPSA) is 68.0 Å². The molecule has 1 amide bonds. The number of hydrogen-bond donors (Lipinski definition) is 2. The second-order valence-corrected chi connectivity index (χ2v) is 4.93. The summed E-state index contributed by atoms with van der Waals surface area (Å²) in [7, 11) is 0. The molecular weight excluding hydrogens is 233 g/mol. The second kappa shape index (κ2) is 5.33. The molecule has 18 heavy (non-hydrogen) atoms. The number of nitrogens with zero attached hydrogens (tertiary/aromatic N) is 1. The summed E-state index contributed by atoms with van der Waals surface area (Å²) in [5, 5.41) is 2.95. The highest BCUT2D eigenvalue weighted by molar-refractivity contribution is 5.94. The summed E-state index contributed by atoms with van der Waals surface area (Å²) in [6.07, 6.45) is 5.76. The van der Waals surface area contributed by atoms with E-state index in [4.69, 9.17) is 5.73 Å². The maximum atomic E-state index is 13.2. The minimum Gasteiger partial charge on any atom is -0.381 e. The molecule has 0 saturated heterocycles. The van der Waals surface area contributed by atoms with Gasteiger partial charge in [0.25, 0.3) is 5.91 Å². The number of nitrogen functional groups attached to an aromatic ring is 1. The standard InChI is InChI=1S/C13H18FN3O/c1-8-4-2-3-5-11(8)17-13(18)9-6-10(14)12(15)16-7-9/h6-8,11H,2-5H2,1H3,(H2,15,16)(H,17,18). The third-order valence-electron chi connectivity index (χ3n) is 3.56. The number of nitrogens with one attached hydrogen (secondary N) is 1. The average Bonchev–Trinajstić information content (AvgIpc) is 2.35. The third-order valence-corrected chi connectivity index (χ3v) is 3.56. The number of nitrogens with two attached hydrogens (primary N) is 1. The molecule has 2 rings (SSSR count). The molecule has 5 heteroatoms. The Morgan fingerprint density at radius 2 is 2.22 bits per heavy atom. The van der Waals surface area contributed by atoms with Crippen LogP contribution in [0.5, 0.6) is 0 Å². The van der Waals surface area contributed by atoms with Crippen LogP contribution in [0.3, 0.4) is 0 Å². The molecule has 1 saturated carbocycles. The van der Waals surface area contributed by atoms with Crippen molar-refractivity contribution in [2.75, 3.05) is 5.73 Å². The van der Waals surface area contributed by atoms with E-state index in [-0.39, 0.29) is 23.3 Å². The number of aromatic nitrogens is 1. The van der Waals surface area contributed by atoms with Crippen molar-refractivity contribution in [2.24, 2.45) is 5.92 Å². The van der Waals surface area contributed by atoms with Crippen molar-refractivity contribution in [1.82, 2.24) is 10.3 Å². The van der Waals surface area contributed by atoms with E-state index in [1.54, 1.807) is 0 Å². The molecule has 1 heterocycles. The largest absolute Gasteiger partial charge is 0.381 e. The van der Waals surface area contributed by atoms with Gasteiger partial charge in [-0.25, -0.2) is 9.37 Å². The summed E-state index contributed by atoms with van der Waals surface area (Å²) in [5.74, 6) is -0.647. The Labute approximate surface area is 106 Å². The normalized spacial score (nSPS) is 23.7. The molecule has 3 N–H and O–H groups in total. The monoisotopic (exact) mass is 251 g/mol. The summed E-state index contributed by atoms with van der Waals surface area (Å²) in [5.41, 5.74) is 5.50. The minimum atomic E-state index is -0.653. The van der Waals surface area contributed by atoms with Crippen molar-refractivity contribution in [2.45, 2.75) is 38.6 Å². The van der Waals surface area contributed by atoms with Gasteiger partial charge in [-0.2, -0.15) is 0 Å². The molecule has 0 radical (unpaired) electrons. The Morgan fingerprint density at radius 1 is 1.50 bits per heavy atom. The number of carbonyl (C=O) groups is 1. The fourth-order valence-electron chi connectivity index (χ4n) is 2.36. The van der Waals surface area contributed by atoms with E-state index in [9.17, 15) is 9.18 Å². The number of halogens is 1. The first-order valence-corrected chi connectivity index (χ1v) is 6.30. The van der Waals surface area contributed by atoms with Crippen molar-refractivity contribution < 1.29 is 9.18 Å². The maximum absolute atomic E-state index is 13.2. The SMILES string of the molecule is CC1CCCCC1NC(=O)c1cnc(N)c(F)c1. The summed E-state index contributed by atoms with van der Waals surface area (Å²) in [6.45, 7) is 2.13. The summed E-state index contributed by atoms with van der Waals surface area (Å²) in [6, 6.07) is 1.30. The van der Waals surface area contributed by atoms with Crippen LogP contribution in [0.2, 0.25) is 0 Å². The minimum absolute atomic E-state index is 0.173. The number of rotatable bonds is 2. The number of hydrogen-bond acceptors (Lipinski definition) is 3. The van der Waals surface area contributed by atoms with E-state index in [1.807, 2.05) is 0 Å². The van der Waals surface area contributed by atoms with Crippen LogP contribution in [0.4, 0.5) is 10.2 Å². The van der Waals surface area contributed by atoms with Gasteiger partial charge in [-0.3, -0.25) is 4.79 Å². The van der Waals surface area contributed by atoms with Gasteiger partial charge in [0.2, 0.25) is 0 Å². The zero-order valence-electron chi connectivity index (χ0n) is 10.4. The number of amides is 1. The van der Waals surface area contributed by atoms with Crippen LogP contribution < -0.4 is 11.1 Å². The molecule has 2 atom stereocenters. The van der Waals surface area contributed by atoms with Gasteiger partial charge in [0, 0.05) is 12.2 Å². The molecule has 0 bridgehead atoms. The lowest BCUT2D eigenvalue weighted by molar-refractivity contribution is 0.0909. The molecule has 1 aliphatic carbocycles. The zero-order valence-corrected chi connectivity index (χ0v) is 10.4. The van der Waals surface area contributed by atoms with Crippen LogP contribution in [-0.2, 0) is 0 Å². The molecule has 0 aliphatic heterocycles. The van der Waals surface area contributed by atoms with Gasteiger partial charge in [-0.05, 0) is 24.8 Å². The van der Waals surface area contributed by atoms with Gasteiger partial charge in [0.05, 0.1) is 5.56 Å². The highest BCUT2D eigenvalue weighted by Gasteiger charge is 2.23. The molecule has 1 aromatic rings. The van der Waals surface area contributed by atoms with E-state index in [0.29, 0.717) is 5.92 Å². The Balaban J connectivity index is 2.04. The second-order valence-electron chi connectivity index (χ2n) is 4.93. The van der Waals surface area contributed by atoms with Crippen LogP contribution in [0.25, 0.3) is 0 Å². The lowest BCUT2D eigenvalue weighted by Crippen LogP contribution is -2.41. The van der Waals surface area contributed by atoms with E-state index < -0.39 is 5.82 Å². The zero-order chi connectivity index (χ0) is 13.1. The molecule has 1 fully saturated rings. The third kappa shape index (κ3) is 2.78. The van der Waals surface area contributed by atoms with Gasteiger partial charge in [-0.15, -0.1) is 0 Å². The van der Waals surface area contributed by atoms with Gasteiger partial charge >= 0.3 is 0 Å². The Morgan fingerprint density at radius 3 is 2.89 bits per heavy atom. The van der Waals surface area contributed by atoms with Crippen molar-refractivity contribution in [1.29, 1.82) is 0 Å². The molecular formula is C13H18FN3O. The van der Waals surface area contributed by atoms with E-state index in [2.05, 4.69) is 17.2 Å². The molecule has 1 aromatic heterocycles. The van der Waals surface area contributed by atoms with Gasteiger partial charge in [0.15, 0.2) is 11.6 Å². The summed E-state index contributed by atoms with van der Waals surface area (Å²) >= 11 is 0. The van der Waals surface area contributed by atoms with Crippen LogP contribution in [0.1, 0.15) is 43.0 Å². The van der Waals surface area contributed by atoms with Crippen LogP contribution >= 0.6 is 0 Å². The van der Waals surface area contributed by atoms with Crippen LogP contribution in [0, 0.1) is 11.7 Å². The summed E-state index contributed by atoms with van der Waals surface area (Å²) in [4.78, 5) is 15.6. The summed E-state index contributed by atoms with van der Waals surface area (Å²) < 4.78 is 13.2. The Bertz CT molecular complexity index is 450. The van der Waals surface area contributed by atoms with Gasteiger partial charge in [0.1, 0.15) is 0 Å². The molecule has 4 nitrogen and oxygen atoms in total. The fourth-order valence-corrected chi connectivity index (χ4v) is 2.36. The number of carbonyl (C=O) groups excluding carboxylic acids is 1. The first kappa shape index (κ1) is 12.8. The Hall–Kier alpha value is -1.65. The van der Waals surface area contributed by atoms with E-state index in [0.717, 1.165) is 25.3 Å². The first-order chi connectivity index (χ1) is 8.58. The molecule has 0 spiro atoms. The van der Waals surface area contributed by atoms with Crippen molar-refractivity contribution in [3.8, 4) is 0 Å². The van der Waals surface area contributed by atoms with Crippen LogP contribution in [0.15, 0.2) is 12.3 Å². The molecule has 1 aliphatic rings. The lowest BCUT2D eigenvalue weighted by Gasteiger charge is -2.29. The maximum Gasteiger partial charge on any atom is 0.253 e. The first-order valence-electron chi connectivity index (χ1n) is 6.30. The number of anilines is 1. The molecule has 98 valence electrons. The average molecular weight is 251 g/mol. The predicted octanol–water partition coefficient (Wildman–Crippen LogP) is 2.11. The molecule has 2 unspecified atom stereocenters. The van der Waals surface area contributed by atoms with Gasteiger partial charge < -0.3 is 11.1 Å². The predicted molar refractivity (Wildman–Crippen MR) is 67.5 cm³/mol. The van der Waals surface area contributed by atoms with Crippen molar-refractivity contribution in [3.63, 3.8) is 0 Å². The van der Waals surface area contributed by atoms with Gasteiger partial charge in [-0.1, -0.05) is 19.8 Å².